The summed E-state index contributed by atoms with van der Waals surface area (Å²) in [4.78, 5) is 37.0. The van der Waals surface area contributed by atoms with E-state index < -0.39 is 29.8 Å². The molecule has 0 saturated heterocycles. The molecule has 7 heteroatoms. The molecule has 2 rings (SSSR count). The molecule has 0 heterocycles. The van der Waals surface area contributed by atoms with Gasteiger partial charge in [-0.2, -0.15) is 0 Å². The Kier molecular flexibility index (Phi) is 8.02. The molecule has 2 atom stereocenters. The lowest BCUT2D eigenvalue weighted by Crippen LogP contribution is -2.41. The van der Waals surface area contributed by atoms with Gasteiger partial charge in [0.1, 0.15) is 18.3 Å². The topological polar surface area (TPSA) is 81.7 Å². The Bertz CT molecular complexity index is 825. The van der Waals surface area contributed by atoms with E-state index in [4.69, 9.17) is 21.1 Å². The molecule has 2 aromatic carbocycles. The number of hydrogen-bond donors (Lipinski definition) is 1. The molecule has 6 nitrogen and oxygen atoms in total. The summed E-state index contributed by atoms with van der Waals surface area (Å²) in [5.41, 5.74) is 1.23. The monoisotopic (exact) mass is 403 g/mol. The van der Waals surface area contributed by atoms with Gasteiger partial charge < -0.3 is 14.8 Å². The first kappa shape index (κ1) is 21.4. The largest absolute Gasteiger partial charge is 0.465 e. The Balaban J connectivity index is 2.25. The van der Waals surface area contributed by atoms with Crippen molar-refractivity contribution in [1.29, 1.82) is 0 Å². The second-order valence-electron chi connectivity index (χ2n) is 6.05. The number of Topliss-reactive ketones (excluding diaryl/α,β-unsaturated/α-hetero) is 1. The van der Waals surface area contributed by atoms with Crippen LogP contribution in [0.1, 0.15) is 31.0 Å². The highest BCUT2D eigenvalue weighted by Gasteiger charge is 2.37. The van der Waals surface area contributed by atoms with Crippen LogP contribution in [0.3, 0.4) is 0 Å². The van der Waals surface area contributed by atoms with Crippen molar-refractivity contribution in [3.63, 3.8) is 0 Å². The quantitative estimate of drug-likeness (QED) is 0.530. The minimum atomic E-state index is -1.25. The minimum absolute atomic E-state index is 0.0477. The van der Waals surface area contributed by atoms with Gasteiger partial charge in [-0.05, 0) is 31.0 Å². The predicted octanol–water partition coefficient (Wildman–Crippen LogP) is 4.08. The van der Waals surface area contributed by atoms with Gasteiger partial charge in [-0.15, -0.1) is 0 Å². The molecule has 0 fully saturated rings. The highest BCUT2D eigenvalue weighted by molar-refractivity contribution is 6.31. The lowest BCUT2D eigenvalue weighted by Gasteiger charge is -2.25. The fourth-order valence-corrected chi connectivity index (χ4v) is 2.98. The van der Waals surface area contributed by atoms with Crippen LogP contribution in [-0.2, 0) is 25.7 Å². The standard InChI is InChI=1S/C21H22ClNO5/c1-3-27-20(25)18(14(2)24)19(16-11-7-8-12-17(16)22)23-21(26)28-13-15-9-5-4-6-10-15/h4-12,18-19H,3,13H2,1-2H3,(H,23,26). The van der Waals surface area contributed by atoms with E-state index in [2.05, 4.69) is 5.32 Å². The zero-order valence-electron chi connectivity index (χ0n) is 15.7. The molecule has 0 aliphatic heterocycles. The summed E-state index contributed by atoms with van der Waals surface area (Å²) >= 11 is 6.25. The van der Waals surface area contributed by atoms with Gasteiger partial charge in [0, 0.05) is 5.02 Å². The predicted molar refractivity (Wildman–Crippen MR) is 105 cm³/mol. The fourth-order valence-electron chi connectivity index (χ4n) is 2.73. The second-order valence-corrected chi connectivity index (χ2v) is 6.45. The Morgan fingerprint density at radius 2 is 1.64 bits per heavy atom. The van der Waals surface area contributed by atoms with Crippen molar-refractivity contribution >= 4 is 29.4 Å². The van der Waals surface area contributed by atoms with E-state index in [9.17, 15) is 14.4 Å². The maximum Gasteiger partial charge on any atom is 0.407 e. The summed E-state index contributed by atoms with van der Waals surface area (Å²) in [6, 6.07) is 14.8. The van der Waals surface area contributed by atoms with Crippen LogP contribution < -0.4 is 5.32 Å². The highest BCUT2D eigenvalue weighted by atomic mass is 35.5. The molecule has 0 aliphatic carbocycles. The molecular weight excluding hydrogens is 382 g/mol. The molecule has 0 aliphatic rings. The van der Waals surface area contributed by atoms with E-state index in [1.807, 2.05) is 30.3 Å². The Labute approximate surface area is 168 Å². The fraction of sp³-hybridized carbons (Fsp3) is 0.286. The summed E-state index contributed by atoms with van der Waals surface area (Å²) in [6.07, 6.45) is -0.774. The molecular formula is C21H22ClNO5. The number of ketones is 1. The van der Waals surface area contributed by atoms with E-state index in [1.165, 1.54) is 6.92 Å². The SMILES string of the molecule is CCOC(=O)C(C(C)=O)C(NC(=O)OCc1ccccc1)c1ccccc1Cl. The van der Waals surface area contributed by atoms with Crippen LogP contribution >= 0.6 is 11.6 Å². The van der Waals surface area contributed by atoms with Gasteiger partial charge in [-0.3, -0.25) is 9.59 Å². The minimum Gasteiger partial charge on any atom is -0.465 e. The van der Waals surface area contributed by atoms with Crippen molar-refractivity contribution in [1.82, 2.24) is 5.32 Å². The molecule has 2 unspecified atom stereocenters. The summed E-state index contributed by atoms with van der Waals surface area (Å²) in [5, 5.41) is 2.91. The maximum absolute atomic E-state index is 12.4. The highest BCUT2D eigenvalue weighted by Crippen LogP contribution is 2.30. The number of halogens is 1. The molecule has 0 radical (unpaired) electrons. The van der Waals surface area contributed by atoms with Crippen LogP contribution in [-0.4, -0.2) is 24.5 Å². The first-order valence-electron chi connectivity index (χ1n) is 8.82. The lowest BCUT2D eigenvalue weighted by atomic mass is 9.90. The van der Waals surface area contributed by atoms with E-state index in [1.54, 1.807) is 31.2 Å². The number of carbonyl (C=O) groups is 3. The Hall–Kier alpha value is -2.86. The van der Waals surface area contributed by atoms with Crippen LogP contribution in [0.15, 0.2) is 54.6 Å². The average Bonchev–Trinajstić information content (AvgIpc) is 2.67. The molecule has 1 N–H and O–H groups in total. The zero-order valence-corrected chi connectivity index (χ0v) is 16.4. The van der Waals surface area contributed by atoms with Crippen molar-refractivity contribution in [3.8, 4) is 0 Å². The summed E-state index contributed by atoms with van der Waals surface area (Å²) < 4.78 is 10.3. The van der Waals surface area contributed by atoms with E-state index in [0.717, 1.165) is 5.56 Å². The van der Waals surface area contributed by atoms with Gasteiger partial charge in [0.15, 0.2) is 0 Å². The third-order valence-corrected chi connectivity index (χ3v) is 4.38. The number of nitrogens with one attached hydrogen (secondary N) is 1. The third kappa shape index (κ3) is 5.82. The molecule has 2 aromatic rings. The van der Waals surface area contributed by atoms with Crippen molar-refractivity contribution in [2.24, 2.45) is 5.92 Å². The van der Waals surface area contributed by atoms with Crippen LogP contribution in [0.4, 0.5) is 4.79 Å². The Morgan fingerprint density at radius 3 is 2.25 bits per heavy atom. The lowest BCUT2D eigenvalue weighted by molar-refractivity contribution is -0.152. The van der Waals surface area contributed by atoms with Gasteiger partial charge in [-0.25, -0.2) is 4.79 Å². The van der Waals surface area contributed by atoms with Crippen LogP contribution in [0, 0.1) is 5.92 Å². The average molecular weight is 404 g/mol. The normalized spacial score (nSPS) is 12.5. The number of alkyl carbamates (subject to hydrolysis) is 1. The van der Waals surface area contributed by atoms with Crippen LogP contribution in [0.5, 0.6) is 0 Å². The van der Waals surface area contributed by atoms with Crippen molar-refractivity contribution in [2.75, 3.05) is 6.61 Å². The number of carbonyl (C=O) groups excluding carboxylic acids is 3. The summed E-state index contributed by atoms with van der Waals surface area (Å²) in [5.74, 6) is -2.43. The summed E-state index contributed by atoms with van der Waals surface area (Å²) in [6.45, 7) is 3.06. The number of hydrogen-bond acceptors (Lipinski definition) is 5. The van der Waals surface area contributed by atoms with Gasteiger partial charge in [0.05, 0.1) is 12.6 Å². The summed E-state index contributed by atoms with van der Waals surface area (Å²) in [7, 11) is 0. The van der Waals surface area contributed by atoms with E-state index in [0.29, 0.717) is 10.6 Å². The molecule has 28 heavy (non-hydrogen) atoms. The molecule has 0 aromatic heterocycles. The first-order valence-corrected chi connectivity index (χ1v) is 9.20. The van der Waals surface area contributed by atoms with Crippen LogP contribution in [0.25, 0.3) is 0 Å². The van der Waals surface area contributed by atoms with Crippen molar-refractivity contribution in [2.45, 2.75) is 26.5 Å². The first-order chi connectivity index (χ1) is 13.4. The molecule has 0 saturated carbocycles. The number of esters is 1. The second kappa shape index (κ2) is 10.5. The third-order valence-electron chi connectivity index (χ3n) is 4.04. The van der Waals surface area contributed by atoms with E-state index in [-0.39, 0.29) is 13.2 Å². The van der Waals surface area contributed by atoms with Crippen molar-refractivity contribution in [3.05, 3.63) is 70.7 Å². The van der Waals surface area contributed by atoms with Gasteiger partial charge in [-0.1, -0.05) is 60.1 Å². The maximum atomic E-state index is 12.4. The number of ether oxygens (including phenoxy) is 2. The molecule has 0 spiro atoms. The Morgan fingerprint density at radius 1 is 1.00 bits per heavy atom. The van der Waals surface area contributed by atoms with E-state index >= 15 is 0 Å². The molecule has 0 bridgehead atoms. The van der Waals surface area contributed by atoms with Gasteiger partial charge in [0.25, 0.3) is 0 Å². The number of rotatable bonds is 8. The number of amides is 1. The van der Waals surface area contributed by atoms with Gasteiger partial charge in [0.2, 0.25) is 0 Å². The smallest absolute Gasteiger partial charge is 0.407 e. The van der Waals surface area contributed by atoms with Crippen molar-refractivity contribution < 1.29 is 23.9 Å². The van der Waals surface area contributed by atoms with Crippen LogP contribution in [0.2, 0.25) is 5.02 Å². The van der Waals surface area contributed by atoms with Gasteiger partial charge >= 0.3 is 12.1 Å². The molecule has 1 amide bonds. The zero-order chi connectivity index (χ0) is 20.5. The molecule has 148 valence electrons. The number of benzene rings is 2.